The van der Waals surface area contributed by atoms with Crippen LogP contribution >= 0.6 is 0 Å². The molecule has 0 saturated carbocycles. The fourth-order valence-electron chi connectivity index (χ4n) is 2.06. The standard InChI is InChI=1S/C14H19NO2/c1-11-5-2-3-6-12(11)10-17-14-8-4-7-13(9-16)15-14/h2-4,7-8,11-12,16H,5-6,9-10H2,1H3. The van der Waals surface area contributed by atoms with Gasteiger partial charge in [-0.25, -0.2) is 4.98 Å². The fourth-order valence-corrected chi connectivity index (χ4v) is 2.06. The van der Waals surface area contributed by atoms with Gasteiger partial charge in [-0.3, -0.25) is 0 Å². The van der Waals surface area contributed by atoms with Crippen molar-refractivity contribution >= 4 is 0 Å². The maximum atomic E-state index is 8.99. The Hall–Kier alpha value is -1.35. The Morgan fingerprint density at radius 1 is 1.35 bits per heavy atom. The molecule has 1 aromatic rings. The average molecular weight is 233 g/mol. The van der Waals surface area contributed by atoms with Gasteiger partial charge in [0.15, 0.2) is 0 Å². The highest BCUT2D eigenvalue weighted by Gasteiger charge is 2.18. The first kappa shape index (κ1) is 12.1. The van der Waals surface area contributed by atoms with Crippen LogP contribution < -0.4 is 4.74 Å². The molecule has 92 valence electrons. The second kappa shape index (κ2) is 5.82. The van der Waals surface area contributed by atoms with Crippen molar-refractivity contribution in [1.29, 1.82) is 0 Å². The van der Waals surface area contributed by atoms with Crippen LogP contribution in [0.5, 0.6) is 5.88 Å². The molecule has 1 aliphatic rings. The van der Waals surface area contributed by atoms with E-state index in [9.17, 15) is 0 Å². The number of rotatable bonds is 4. The van der Waals surface area contributed by atoms with Gasteiger partial charge in [0.05, 0.1) is 18.9 Å². The first-order valence-corrected chi connectivity index (χ1v) is 6.14. The van der Waals surface area contributed by atoms with E-state index in [-0.39, 0.29) is 6.61 Å². The zero-order valence-corrected chi connectivity index (χ0v) is 10.2. The molecule has 2 atom stereocenters. The molecule has 1 aliphatic carbocycles. The molecule has 17 heavy (non-hydrogen) atoms. The van der Waals surface area contributed by atoms with Crippen LogP contribution in [-0.4, -0.2) is 16.7 Å². The lowest BCUT2D eigenvalue weighted by Crippen LogP contribution is -2.21. The molecule has 1 N–H and O–H groups in total. The Balaban J connectivity index is 1.90. The third-order valence-corrected chi connectivity index (χ3v) is 3.31. The van der Waals surface area contributed by atoms with E-state index in [1.165, 1.54) is 0 Å². The topological polar surface area (TPSA) is 42.4 Å². The summed E-state index contributed by atoms with van der Waals surface area (Å²) >= 11 is 0. The van der Waals surface area contributed by atoms with E-state index >= 15 is 0 Å². The highest BCUT2D eigenvalue weighted by molar-refractivity contribution is 5.15. The Morgan fingerprint density at radius 2 is 2.18 bits per heavy atom. The van der Waals surface area contributed by atoms with Gasteiger partial charge >= 0.3 is 0 Å². The number of allylic oxidation sites excluding steroid dienone is 2. The molecule has 0 aliphatic heterocycles. The number of hydrogen-bond donors (Lipinski definition) is 1. The van der Waals surface area contributed by atoms with Crippen LogP contribution in [0.4, 0.5) is 0 Å². The Kier molecular flexibility index (Phi) is 4.15. The largest absolute Gasteiger partial charge is 0.477 e. The zero-order chi connectivity index (χ0) is 12.1. The van der Waals surface area contributed by atoms with E-state index in [0.29, 0.717) is 30.0 Å². The van der Waals surface area contributed by atoms with Crippen molar-refractivity contribution in [2.24, 2.45) is 11.8 Å². The molecular weight excluding hydrogens is 214 g/mol. The summed E-state index contributed by atoms with van der Waals surface area (Å²) < 4.78 is 5.70. The van der Waals surface area contributed by atoms with Gasteiger partial charge in [0.25, 0.3) is 0 Å². The molecule has 0 saturated heterocycles. The molecule has 3 heteroatoms. The third kappa shape index (κ3) is 3.30. The highest BCUT2D eigenvalue weighted by Crippen LogP contribution is 2.25. The molecular formula is C14H19NO2. The van der Waals surface area contributed by atoms with Crippen molar-refractivity contribution in [3.8, 4) is 5.88 Å². The van der Waals surface area contributed by atoms with Gasteiger partial charge in [-0.05, 0) is 30.7 Å². The number of hydrogen-bond acceptors (Lipinski definition) is 3. The van der Waals surface area contributed by atoms with Crippen LogP contribution in [0, 0.1) is 11.8 Å². The van der Waals surface area contributed by atoms with E-state index in [4.69, 9.17) is 9.84 Å². The lowest BCUT2D eigenvalue weighted by atomic mass is 9.85. The number of aliphatic hydroxyl groups is 1. The zero-order valence-electron chi connectivity index (χ0n) is 10.2. The molecule has 2 unspecified atom stereocenters. The molecule has 0 radical (unpaired) electrons. The molecule has 1 aromatic heterocycles. The van der Waals surface area contributed by atoms with Crippen molar-refractivity contribution in [1.82, 2.24) is 4.98 Å². The van der Waals surface area contributed by atoms with Crippen molar-refractivity contribution in [2.45, 2.75) is 26.4 Å². The van der Waals surface area contributed by atoms with Gasteiger partial charge in [-0.15, -0.1) is 0 Å². The van der Waals surface area contributed by atoms with Gasteiger partial charge < -0.3 is 9.84 Å². The number of pyridine rings is 1. The first-order chi connectivity index (χ1) is 8.29. The summed E-state index contributed by atoms with van der Waals surface area (Å²) in [7, 11) is 0. The maximum absolute atomic E-state index is 8.99. The second-order valence-electron chi connectivity index (χ2n) is 4.62. The number of aromatic nitrogens is 1. The Bertz CT molecular complexity index is 390. The monoisotopic (exact) mass is 233 g/mol. The second-order valence-corrected chi connectivity index (χ2v) is 4.62. The van der Waals surface area contributed by atoms with Crippen molar-refractivity contribution in [3.63, 3.8) is 0 Å². The Morgan fingerprint density at radius 3 is 2.94 bits per heavy atom. The van der Waals surface area contributed by atoms with Gasteiger partial charge in [-0.2, -0.15) is 0 Å². The minimum atomic E-state index is -0.0419. The van der Waals surface area contributed by atoms with Crippen molar-refractivity contribution < 1.29 is 9.84 Å². The summed E-state index contributed by atoms with van der Waals surface area (Å²) in [4.78, 5) is 4.21. The lowest BCUT2D eigenvalue weighted by Gasteiger charge is -2.24. The molecule has 0 amide bonds. The van der Waals surface area contributed by atoms with E-state index < -0.39 is 0 Å². The van der Waals surface area contributed by atoms with Crippen molar-refractivity contribution in [2.75, 3.05) is 6.61 Å². The van der Waals surface area contributed by atoms with E-state index in [0.717, 1.165) is 12.8 Å². The number of ether oxygens (including phenoxy) is 1. The van der Waals surface area contributed by atoms with Crippen molar-refractivity contribution in [3.05, 3.63) is 36.0 Å². The molecule has 1 heterocycles. The van der Waals surface area contributed by atoms with Gasteiger partial charge in [-0.1, -0.05) is 25.1 Å². The molecule has 0 bridgehead atoms. The van der Waals surface area contributed by atoms with E-state index in [2.05, 4.69) is 24.1 Å². The predicted octanol–water partition coefficient (Wildman–Crippen LogP) is 2.56. The highest BCUT2D eigenvalue weighted by atomic mass is 16.5. The lowest BCUT2D eigenvalue weighted by molar-refractivity contribution is 0.191. The minimum absolute atomic E-state index is 0.0419. The summed E-state index contributed by atoms with van der Waals surface area (Å²) in [6, 6.07) is 5.49. The Labute approximate surface area is 102 Å². The SMILES string of the molecule is CC1CC=CCC1COc1cccc(CO)n1. The fraction of sp³-hybridized carbons (Fsp3) is 0.500. The van der Waals surface area contributed by atoms with Crippen LogP contribution in [0.25, 0.3) is 0 Å². The molecule has 0 fully saturated rings. The maximum Gasteiger partial charge on any atom is 0.213 e. The van der Waals surface area contributed by atoms with Crippen LogP contribution in [0.2, 0.25) is 0 Å². The minimum Gasteiger partial charge on any atom is -0.477 e. The van der Waals surface area contributed by atoms with Gasteiger partial charge in [0.2, 0.25) is 5.88 Å². The summed E-state index contributed by atoms with van der Waals surface area (Å²) in [5.74, 6) is 1.85. The normalized spacial score (nSPS) is 23.6. The third-order valence-electron chi connectivity index (χ3n) is 3.31. The van der Waals surface area contributed by atoms with Crippen LogP contribution in [0.3, 0.4) is 0 Å². The first-order valence-electron chi connectivity index (χ1n) is 6.14. The van der Waals surface area contributed by atoms with Crippen LogP contribution in [0.1, 0.15) is 25.5 Å². The van der Waals surface area contributed by atoms with Gasteiger partial charge in [0, 0.05) is 6.07 Å². The predicted molar refractivity (Wildman–Crippen MR) is 66.7 cm³/mol. The quantitative estimate of drug-likeness (QED) is 0.813. The molecule has 0 spiro atoms. The molecule has 0 aromatic carbocycles. The van der Waals surface area contributed by atoms with E-state index in [1.54, 1.807) is 6.07 Å². The number of aliphatic hydroxyl groups excluding tert-OH is 1. The summed E-state index contributed by atoms with van der Waals surface area (Å²) in [6.07, 6.45) is 6.69. The molecule has 3 nitrogen and oxygen atoms in total. The van der Waals surface area contributed by atoms with E-state index in [1.807, 2.05) is 12.1 Å². The van der Waals surface area contributed by atoms with Crippen LogP contribution in [0.15, 0.2) is 30.4 Å². The summed E-state index contributed by atoms with van der Waals surface area (Å²) in [5.41, 5.74) is 0.652. The average Bonchev–Trinajstić information content (AvgIpc) is 2.38. The summed E-state index contributed by atoms with van der Waals surface area (Å²) in [5, 5.41) is 8.99. The number of nitrogens with zero attached hydrogens (tertiary/aromatic N) is 1. The van der Waals surface area contributed by atoms with Crippen LogP contribution in [-0.2, 0) is 6.61 Å². The molecule has 2 rings (SSSR count). The smallest absolute Gasteiger partial charge is 0.213 e. The van der Waals surface area contributed by atoms with Gasteiger partial charge in [0.1, 0.15) is 0 Å². The summed E-state index contributed by atoms with van der Waals surface area (Å²) in [6.45, 7) is 2.92.